The minimum atomic E-state index is -0.562. The van der Waals surface area contributed by atoms with E-state index >= 15 is 0 Å². The summed E-state index contributed by atoms with van der Waals surface area (Å²) < 4.78 is 1.46. The second-order valence-corrected chi connectivity index (χ2v) is 8.22. The first-order chi connectivity index (χ1) is 13.6. The number of nitrogens with zero attached hydrogens (tertiary/aromatic N) is 4. The van der Waals surface area contributed by atoms with E-state index in [0.29, 0.717) is 17.4 Å². The summed E-state index contributed by atoms with van der Waals surface area (Å²) in [6, 6.07) is 10.9. The molecule has 7 heteroatoms. The Balaban J connectivity index is 1.47. The van der Waals surface area contributed by atoms with Crippen LogP contribution in [0.1, 0.15) is 24.3 Å². The highest BCUT2D eigenvalue weighted by atomic mass is 32.1. The minimum absolute atomic E-state index is 0.0165. The molecule has 0 N–H and O–H groups in total. The molecule has 0 saturated carbocycles. The molecule has 6 nitrogen and oxygen atoms in total. The maximum atomic E-state index is 13.1. The number of hydrogen-bond donors (Lipinski definition) is 0. The van der Waals surface area contributed by atoms with Crippen molar-refractivity contribution >= 4 is 28.1 Å². The third kappa shape index (κ3) is 3.86. The highest BCUT2D eigenvalue weighted by Crippen LogP contribution is 2.16. The lowest BCUT2D eigenvalue weighted by atomic mass is 10.2. The maximum absolute atomic E-state index is 13.1. The fourth-order valence-electron chi connectivity index (χ4n) is 3.71. The molecule has 0 radical (unpaired) electrons. The molecule has 1 fully saturated rings. The molecule has 1 atom stereocenters. The summed E-state index contributed by atoms with van der Waals surface area (Å²) >= 11 is 1.77. The van der Waals surface area contributed by atoms with Gasteiger partial charge in [0.2, 0.25) is 5.91 Å². The summed E-state index contributed by atoms with van der Waals surface area (Å²) in [7, 11) is 0. The van der Waals surface area contributed by atoms with Crippen molar-refractivity contribution in [2.45, 2.75) is 25.9 Å². The van der Waals surface area contributed by atoms with Crippen LogP contribution in [0.4, 0.5) is 0 Å². The maximum Gasteiger partial charge on any atom is 0.261 e. The molecule has 28 heavy (non-hydrogen) atoms. The Hall–Kier alpha value is -2.51. The van der Waals surface area contributed by atoms with Crippen molar-refractivity contribution in [1.82, 2.24) is 19.4 Å². The number of fused-ring (bicyclic) bond motifs is 1. The van der Waals surface area contributed by atoms with E-state index in [-0.39, 0.29) is 11.5 Å². The molecule has 1 amide bonds. The van der Waals surface area contributed by atoms with E-state index in [1.165, 1.54) is 15.8 Å². The summed E-state index contributed by atoms with van der Waals surface area (Å²) in [6.45, 7) is 5.96. The zero-order valence-electron chi connectivity index (χ0n) is 16.0. The van der Waals surface area contributed by atoms with Gasteiger partial charge in [-0.15, -0.1) is 11.3 Å². The second kappa shape index (κ2) is 8.24. The van der Waals surface area contributed by atoms with Gasteiger partial charge in [0.05, 0.1) is 17.2 Å². The largest absolute Gasteiger partial charge is 0.340 e. The third-order valence-electron chi connectivity index (χ3n) is 5.32. The molecule has 1 aromatic carbocycles. The molecule has 2 aromatic heterocycles. The van der Waals surface area contributed by atoms with Crippen molar-refractivity contribution in [3.8, 4) is 0 Å². The average Bonchev–Trinajstić information content (AvgIpc) is 3.11. The smallest absolute Gasteiger partial charge is 0.261 e. The average molecular weight is 397 g/mol. The van der Waals surface area contributed by atoms with Crippen LogP contribution in [0, 0.1) is 0 Å². The number of hydrogen-bond acceptors (Lipinski definition) is 5. The third-order valence-corrected chi connectivity index (χ3v) is 6.19. The lowest BCUT2D eigenvalue weighted by molar-refractivity contribution is -0.134. The Morgan fingerprint density at radius 2 is 2.00 bits per heavy atom. The van der Waals surface area contributed by atoms with Gasteiger partial charge in [-0.1, -0.05) is 18.2 Å². The zero-order valence-corrected chi connectivity index (χ0v) is 16.8. The summed E-state index contributed by atoms with van der Waals surface area (Å²) in [6.07, 6.45) is 2.43. The molecule has 3 aromatic rings. The predicted molar refractivity (Wildman–Crippen MR) is 112 cm³/mol. The first-order valence-electron chi connectivity index (χ1n) is 9.63. The molecule has 1 aliphatic rings. The van der Waals surface area contributed by atoms with E-state index in [1.807, 2.05) is 23.1 Å². The second-order valence-electron chi connectivity index (χ2n) is 7.18. The van der Waals surface area contributed by atoms with E-state index in [4.69, 9.17) is 0 Å². The van der Waals surface area contributed by atoms with E-state index < -0.39 is 6.04 Å². The molecule has 0 spiro atoms. The fraction of sp³-hybridized carbons (Fsp3) is 0.381. The number of para-hydroxylation sites is 1. The molecule has 3 heterocycles. The van der Waals surface area contributed by atoms with Gasteiger partial charge < -0.3 is 4.90 Å². The van der Waals surface area contributed by atoms with Gasteiger partial charge in [0.25, 0.3) is 5.56 Å². The van der Waals surface area contributed by atoms with Crippen LogP contribution in [0.5, 0.6) is 0 Å². The lowest BCUT2D eigenvalue weighted by Crippen LogP contribution is -2.41. The van der Waals surface area contributed by atoms with Gasteiger partial charge in [-0.25, -0.2) is 4.98 Å². The highest BCUT2D eigenvalue weighted by Gasteiger charge is 2.25. The van der Waals surface area contributed by atoms with Crippen molar-refractivity contribution < 1.29 is 4.79 Å². The first kappa shape index (κ1) is 18.8. The van der Waals surface area contributed by atoms with Crippen molar-refractivity contribution in [2.75, 3.05) is 26.2 Å². The van der Waals surface area contributed by atoms with Gasteiger partial charge in [-0.05, 0) is 36.9 Å². The highest BCUT2D eigenvalue weighted by molar-refractivity contribution is 7.09. The SMILES string of the molecule is CC(C(=O)N1CCCN(Cc2cccs2)CC1)n1cnc2ccccc2c1=O. The van der Waals surface area contributed by atoms with Crippen LogP contribution in [0.3, 0.4) is 0 Å². The molecule has 1 unspecified atom stereocenters. The normalized spacial score (nSPS) is 16.8. The Kier molecular flexibility index (Phi) is 5.54. The monoisotopic (exact) mass is 396 g/mol. The zero-order chi connectivity index (χ0) is 19.5. The summed E-state index contributed by atoms with van der Waals surface area (Å²) in [5.74, 6) is -0.0165. The standard InChI is InChI=1S/C21H24N4O2S/c1-16(25-15-22-19-8-3-2-7-18(19)21(25)27)20(26)24-10-5-9-23(11-12-24)14-17-6-4-13-28-17/h2-4,6-8,13,15-16H,5,9-12,14H2,1H3. The molecule has 0 aliphatic carbocycles. The van der Waals surface area contributed by atoms with Crippen molar-refractivity contribution in [1.29, 1.82) is 0 Å². The van der Waals surface area contributed by atoms with E-state index in [9.17, 15) is 9.59 Å². The van der Waals surface area contributed by atoms with E-state index in [1.54, 1.807) is 24.3 Å². The molecular formula is C21H24N4O2S. The van der Waals surface area contributed by atoms with Crippen LogP contribution in [0.15, 0.2) is 52.9 Å². The number of thiophene rings is 1. The van der Waals surface area contributed by atoms with Gasteiger partial charge in [0.1, 0.15) is 6.04 Å². The van der Waals surface area contributed by atoms with E-state index in [2.05, 4.69) is 27.4 Å². The lowest BCUT2D eigenvalue weighted by Gasteiger charge is -2.25. The number of rotatable bonds is 4. The quantitative estimate of drug-likeness (QED) is 0.680. The summed E-state index contributed by atoms with van der Waals surface area (Å²) in [4.78, 5) is 35.9. The van der Waals surface area contributed by atoms with Crippen LogP contribution in [-0.2, 0) is 11.3 Å². The fourth-order valence-corrected chi connectivity index (χ4v) is 4.46. The molecular weight excluding hydrogens is 372 g/mol. The first-order valence-corrected chi connectivity index (χ1v) is 10.5. The van der Waals surface area contributed by atoms with Gasteiger partial charge in [0.15, 0.2) is 0 Å². The van der Waals surface area contributed by atoms with Crippen LogP contribution in [0.2, 0.25) is 0 Å². The van der Waals surface area contributed by atoms with Gasteiger partial charge in [-0.3, -0.25) is 19.1 Å². The van der Waals surface area contributed by atoms with Crippen molar-refractivity contribution in [3.63, 3.8) is 0 Å². The Labute approximate surface area is 168 Å². The van der Waals surface area contributed by atoms with Crippen LogP contribution in [0.25, 0.3) is 10.9 Å². The summed E-state index contributed by atoms with van der Waals surface area (Å²) in [5.41, 5.74) is 0.489. The van der Waals surface area contributed by atoms with Crippen molar-refractivity contribution in [2.24, 2.45) is 0 Å². The van der Waals surface area contributed by atoms with Crippen LogP contribution in [-0.4, -0.2) is 51.4 Å². The van der Waals surface area contributed by atoms with Gasteiger partial charge in [0, 0.05) is 37.6 Å². The molecule has 0 bridgehead atoms. The summed E-state index contributed by atoms with van der Waals surface area (Å²) in [5, 5.41) is 2.64. The van der Waals surface area contributed by atoms with Gasteiger partial charge >= 0.3 is 0 Å². The number of benzene rings is 1. The van der Waals surface area contributed by atoms with Gasteiger partial charge in [-0.2, -0.15) is 0 Å². The Bertz CT molecular complexity index is 1010. The van der Waals surface area contributed by atoms with Crippen molar-refractivity contribution in [3.05, 3.63) is 63.3 Å². The van der Waals surface area contributed by atoms with Crippen LogP contribution >= 0.6 is 11.3 Å². The predicted octanol–water partition coefficient (Wildman–Crippen LogP) is 2.75. The number of amides is 1. The molecule has 4 rings (SSSR count). The molecule has 1 saturated heterocycles. The number of aromatic nitrogens is 2. The topological polar surface area (TPSA) is 58.4 Å². The Morgan fingerprint density at radius 3 is 2.82 bits per heavy atom. The molecule has 146 valence electrons. The van der Waals surface area contributed by atoms with Crippen LogP contribution < -0.4 is 5.56 Å². The minimum Gasteiger partial charge on any atom is -0.340 e. The number of carbonyl (C=O) groups is 1. The van der Waals surface area contributed by atoms with E-state index in [0.717, 1.165) is 32.6 Å². The molecule has 1 aliphatic heterocycles. The number of carbonyl (C=O) groups excluding carboxylic acids is 1. The Morgan fingerprint density at radius 1 is 1.14 bits per heavy atom.